The SMILES string of the molecule is COc1ccc(C(=O)Cc2cccc(O)c2)cc1OC. The van der Waals surface area contributed by atoms with E-state index < -0.39 is 0 Å². The van der Waals surface area contributed by atoms with Gasteiger partial charge >= 0.3 is 0 Å². The molecule has 0 atom stereocenters. The van der Waals surface area contributed by atoms with Crippen LogP contribution in [0.15, 0.2) is 42.5 Å². The summed E-state index contributed by atoms with van der Waals surface area (Å²) in [7, 11) is 3.08. The molecule has 0 aliphatic rings. The summed E-state index contributed by atoms with van der Waals surface area (Å²) in [5, 5.41) is 9.40. The Morgan fingerprint density at radius 1 is 1.05 bits per heavy atom. The van der Waals surface area contributed by atoms with Crippen LogP contribution in [0.5, 0.6) is 17.2 Å². The third-order valence-corrected chi connectivity index (χ3v) is 2.98. The van der Waals surface area contributed by atoms with Gasteiger partial charge in [-0.1, -0.05) is 12.1 Å². The number of hydrogen-bond donors (Lipinski definition) is 1. The van der Waals surface area contributed by atoms with Gasteiger partial charge in [-0.3, -0.25) is 4.79 Å². The fraction of sp³-hybridized carbons (Fsp3) is 0.188. The molecule has 0 aliphatic heterocycles. The van der Waals surface area contributed by atoms with Crippen LogP contribution in [0.1, 0.15) is 15.9 Å². The number of hydrogen-bond acceptors (Lipinski definition) is 4. The number of Topliss-reactive ketones (excluding diaryl/α,β-unsaturated/α-hetero) is 1. The molecule has 0 spiro atoms. The predicted molar refractivity (Wildman–Crippen MR) is 75.7 cm³/mol. The van der Waals surface area contributed by atoms with Gasteiger partial charge in [-0.15, -0.1) is 0 Å². The molecule has 0 saturated heterocycles. The summed E-state index contributed by atoms with van der Waals surface area (Å²) < 4.78 is 10.3. The zero-order valence-corrected chi connectivity index (χ0v) is 11.4. The first-order chi connectivity index (χ1) is 9.63. The minimum absolute atomic E-state index is 0.0449. The van der Waals surface area contributed by atoms with Gasteiger partial charge in [0.1, 0.15) is 5.75 Å². The van der Waals surface area contributed by atoms with Crippen molar-refractivity contribution in [2.45, 2.75) is 6.42 Å². The number of aromatic hydroxyl groups is 1. The van der Waals surface area contributed by atoms with Crippen LogP contribution in [-0.2, 0) is 6.42 Å². The zero-order valence-electron chi connectivity index (χ0n) is 11.4. The molecule has 2 aromatic carbocycles. The van der Waals surface area contributed by atoms with Crippen LogP contribution < -0.4 is 9.47 Å². The quantitative estimate of drug-likeness (QED) is 0.850. The van der Waals surface area contributed by atoms with E-state index in [1.54, 1.807) is 49.6 Å². The first kappa shape index (κ1) is 13.9. The topological polar surface area (TPSA) is 55.8 Å². The van der Waals surface area contributed by atoms with E-state index in [0.29, 0.717) is 17.1 Å². The highest BCUT2D eigenvalue weighted by Crippen LogP contribution is 2.28. The Kier molecular flexibility index (Phi) is 4.25. The number of rotatable bonds is 5. The third kappa shape index (κ3) is 3.09. The van der Waals surface area contributed by atoms with Crippen LogP contribution in [0.25, 0.3) is 0 Å². The Morgan fingerprint density at radius 3 is 2.45 bits per heavy atom. The Bertz CT molecular complexity index is 620. The van der Waals surface area contributed by atoms with Crippen molar-refractivity contribution in [2.24, 2.45) is 0 Å². The monoisotopic (exact) mass is 272 g/mol. The second-order valence-electron chi connectivity index (χ2n) is 4.34. The fourth-order valence-electron chi connectivity index (χ4n) is 1.96. The lowest BCUT2D eigenvalue weighted by Crippen LogP contribution is -2.04. The number of phenols is 1. The molecule has 0 fully saturated rings. The van der Waals surface area contributed by atoms with Crippen LogP contribution in [0.3, 0.4) is 0 Å². The maximum atomic E-state index is 12.2. The van der Waals surface area contributed by atoms with E-state index in [9.17, 15) is 9.90 Å². The minimum Gasteiger partial charge on any atom is -0.508 e. The molecule has 20 heavy (non-hydrogen) atoms. The Morgan fingerprint density at radius 2 is 1.80 bits per heavy atom. The van der Waals surface area contributed by atoms with Gasteiger partial charge in [-0.2, -0.15) is 0 Å². The van der Waals surface area contributed by atoms with E-state index >= 15 is 0 Å². The van der Waals surface area contributed by atoms with Crippen molar-refractivity contribution in [3.8, 4) is 17.2 Å². The highest BCUT2D eigenvalue weighted by atomic mass is 16.5. The van der Waals surface area contributed by atoms with Gasteiger partial charge in [-0.05, 0) is 35.9 Å². The smallest absolute Gasteiger partial charge is 0.167 e. The van der Waals surface area contributed by atoms with E-state index in [2.05, 4.69) is 0 Å². The molecule has 1 N–H and O–H groups in total. The molecule has 4 nitrogen and oxygen atoms in total. The molecule has 0 aliphatic carbocycles. The van der Waals surface area contributed by atoms with Crippen molar-refractivity contribution in [3.05, 3.63) is 53.6 Å². The van der Waals surface area contributed by atoms with Crippen LogP contribution in [0, 0.1) is 0 Å². The minimum atomic E-state index is -0.0449. The summed E-state index contributed by atoms with van der Waals surface area (Å²) in [6, 6.07) is 11.7. The van der Waals surface area contributed by atoms with E-state index in [4.69, 9.17) is 9.47 Å². The number of phenolic OH excluding ortho intramolecular Hbond substituents is 1. The van der Waals surface area contributed by atoms with Gasteiger partial charge in [-0.25, -0.2) is 0 Å². The second-order valence-corrected chi connectivity index (χ2v) is 4.34. The highest BCUT2D eigenvalue weighted by molar-refractivity contribution is 5.98. The van der Waals surface area contributed by atoms with Gasteiger partial charge in [0, 0.05) is 12.0 Å². The van der Waals surface area contributed by atoms with Gasteiger partial charge in [0.15, 0.2) is 17.3 Å². The van der Waals surface area contributed by atoms with Crippen molar-refractivity contribution in [1.29, 1.82) is 0 Å². The Labute approximate surface area is 117 Å². The predicted octanol–water partition coefficient (Wildman–Crippen LogP) is 2.83. The Hall–Kier alpha value is -2.49. The van der Waals surface area contributed by atoms with E-state index in [0.717, 1.165) is 5.56 Å². The van der Waals surface area contributed by atoms with Crippen molar-refractivity contribution in [1.82, 2.24) is 0 Å². The van der Waals surface area contributed by atoms with Crippen LogP contribution in [0.2, 0.25) is 0 Å². The number of carbonyl (C=O) groups is 1. The second kappa shape index (κ2) is 6.10. The van der Waals surface area contributed by atoms with Crippen molar-refractivity contribution >= 4 is 5.78 Å². The molecule has 2 rings (SSSR count). The van der Waals surface area contributed by atoms with E-state index in [1.807, 2.05) is 0 Å². The van der Waals surface area contributed by atoms with Crippen LogP contribution >= 0.6 is 0 Å². The summed E-state index contributed by atoms with van der Waals surface area (Å²) in [6.07, 6.45) is 0.226. The molecule has 2 aromatic rings. The van der Waals surface area contributed by atoms with Gasteiger partial charge in [0.05, 0.1) is 14.2 Å². The Balaban J connectivity index is 2.21. The lowest BCUT2D eigenvalue weighted by Gasteiger charge is -2.09. The zero-order chi connectivity index (χ0) is 14.5. The van der Waals surface area contributed by atoms with Crippen molar-refractivity contribution in [2.75, 3.05) is 14.2 Å². The number of benzene rings is 2. The summed E-state index contributed by atoms with van der Waals surface area (Å²) in [5.41, 5.74) is 1.32. The van der Waals surface area contributed by atoms with Crippen molar-refractivity contribution in [3.63, 3.8) is 0 Å². The molecular weight excluding hydrogens is 256 g/mol. The lowest BCUT2D eigenvalue weighted by molar-refractivity contribution is 0.0992. The molecular formula is C16H16O4. The van der Waals surface area contributed by atoms with Crippen molar-refractivity contribution < 1.29 is 19.4 Å². The number of carbonyl (C=O) groups excluding carboxylic acids is 1. The molecule has 0 radical (unpaired) electrons. The third-order valence-electron chi connectivity index (χ3n) is 2.98. The fourth-order valence-corrected chi connectivity index (χ4v) is 1.96. The average Bonchev–Trinajstić information content (AvgIpc) is 2.46. The molecule has 4 heteroatoms. The molecule has 0 bridgehead atoms. The lowest BCUT2D eigenvalue weighted by atomic mass is 10.0. The van der Waals surface area contributed by atoms with Gasteiger partial charge in [0.2, 0.25) is 0 Å². The first-order valence-corrected chi connectivity index (χ1v) is 6.17. The molecule has 0 unspecified atom stereocenters. The van der Waals surface area contributed by atoms with E-state index in [-0.39, 0.29) is 18.0 Å². The number of ether oxygens (including phenoxy) is 2. The average molecular weight is 272 g/mol. The summed E-state index contributed by atoms with van der Waals surface area (Å²) in [5.74, 6) is 1.22. The molecule has 0 amide bonds. The first-order valence-electron chi connectivity index (χ1n) is 6.17. The molecule has 0 aromatic heterocycles. The largest absolute Gasteiger partial charge is 0.508 e. The maximum absolute atomic E-state index is 12.2. The maximum Gasteiger partial charge on any atom is 0.167 e. The summed E-state index contributed by atoms with van der Waals surface area (Å²) in [4.78, 5) is 12.2. The van der Waals surface area contributed by atoms with E-state index in [1.165, 1.54) is 7.11 Å². The van der Waals surface area contributed by atoms with Crippen LogP contribution in [0.4, 0.5) is 0 Å². The molecule has 0 heterocycles. The number of ketones is 1. The summed E-state index contributed by atoms with van der Waals surface area (Å²) in [6.45, 7) is 0. The molecule has 0 saturated carbocycles. The number of methoxy groups -OCH3 is 2. The normalized spacial score (nSPS) is 10.1. The molecule has 104 valence electrons. The highest BCUT2D eigenvalue weighted by Gasteiger charge is 2.11. The standard InChI is InChI=1S/C16H16O4/c1-19-15-7-6-12(10-16(15)20-2)14(18)9-11-4-3-5-13(17)8-11/h3-8,10,17H,9H2,1-2H3. The summed E-state index contributed by atoms with van der Waals surface area (Å²) >= 11 is 0. The van der Waals surface area contributed by atoms with Gasteiger partial charge < -0.3 is 14.6 Å². The van der Waals surface area contributed by atoms with Crippen LogP contribution in [-0.4, -0.2) is 25.1 Å². The van der Waals surface area contributed by atoms with Gasteiger partial charge in [0.25, 0.3) is 0 Å².